The van der Waals surface area contributed by atoms with Gasteiger partial charge in [0.1, 0.15) is 5.82 Å². The molecule has 1 amide bonds. The molecule has 2 aromatic rings. The fourth-order valence-electron chi connectivity index (χ4n) is 5.05. The Kier molecular flexibility index (Phi) is 6.26. The molecule has 4 rings (SSSR count). The summed E-state index contributed by atoms with van der Waals surface area (Å²) in [6, 6.07) is 6.57. The average molecular weight is 502 g/mol. The molecule has 33 heavy (non-hydrogen) atoms. The standard InChI is InChI=1S/C23H23ClF3NO4S/c1-23(30)13-3-4-14(23)10-16(9-13)33(31,32)20-8-12(2-6-18(20)24)22(29)28-15-5-7-19(25)17(11-15)21(26)27/h2,5-8,11,13-14,16,21,30H,3-4,9-10H2,1H3,(H,28,29)/t13?,14?,16-,23-. The van der Waals surface area contributed by atoms with E-state index < -0.39 is 44.4 Å². The third-order valence-electron chi connectivity index (χ3n) is 7.04. The lowest BCUT2D eigenvalue weighted by Gasteiger charge is -2.40. The number of aliphatic hydroxyl groups is 1. The highest BCUT2D eigenvalue weighted by molar-refractivity contribution is 7.92. The van der Waals surface area contributed by atoms with Crippen LogP contribution in [0.4, 0.5) is 18.9 Å². The Bertz CT molecular complexity index is 1190. The second kappa shape index (κ2) is 8.60. The maximum absolute atomic E-state index is 13.5. The van der Waals surface area contributed by atoms with Gasteiger partial charge in [-0.1, -0.05) is 11.6 Å². The molecular formula is C23H23ClF3NO4S. The molecule has 2 aromatic carbocycles. The lowest BCUT2D eigenvalue weighted by atomic mass is 9.76. The largest absolute Gasteiger partial charge is 0.390 e. The molecule has 10 heteroatoms. The highest BCUT2D eigenvalue weighted by Crippen LogP contribution is 2.51. The van der Waals surface area contributed by atoms with E-state index in [1.54, 1.807) is 6.92 Å². The summed E-state index contributed by atoms with van der Waals surface area (Å²) >= 11 is 6.20. The average Bonchev–Trinajstić information content (AvgIpc) is 2.92. The predicted octanol–water partition coefficient (Wildman–Crippen LogP) is 5.38. The minimum atomic E-state index is -3.89. The molecule has 0 aliphatic heterocycles. The van der Waals surface area contributed by atoms with E-state index in [1.807, 2.05) is 0 Å². The zero-order valence-corrected chi connectivity index (χ0v) is 19.3. The van der Waals surface area contributed by atoms with E-state index in [2.05, 4.69) is 5.32 Å². The summed E-state index contributed by atoms with van der Waals surface area (Å²) in [5, 5.41) is 12.3. The number of hydrogen-bond donors (Lipinski definition) is 2. The molecule has 2 aliphatic carbocycles. The lowest BCUT2D eigenvalue weighted by molar-refractivity contribution is -0.0413. The first-order valence-corrected chi connectivity index (χ1v) is 12.5. The van der Waals surface area contributed by atoms with Crippen LogP contribution in [0.5, 0.6) is 0 Å². The molecule has 0 aromatic heterocycles. The summed E-state index contributed by atoms with van der Waals surface area (Å²) in [5.74, 6) is -2.09. The predicted molar refractivity (Wildman–Crippen MR) is 118 cm³/mol. The van der Waals surface area contributed by atoms with E-state index >= 15 is 0 Å². The first kappa shape index (κ1) is 24.0. The lowest BCUT2D eigenvalue weighted by Crippen LogP contribution is -2.45. The summed E-state index contributed by atoms with van der Waals surface area (Å²) in [5.41, 5.74) is -1.83. The van der Waals surface area contributed by atoms with Gasteiger partial charge in [0.25, 0.3) is 12.3 Å². The Morgan fingerprint density at radius 3 is 2.39 bits per heavy atom. The fraction of sp³-hybridized carbons (Fsp3) is 0.435. The molecule has 2 aliphatic rings. The Morgan fingerprint density at radius 2 is 1.79 bits per heavy atom. The van der Waals surface area contributed by atoms with Crippen molar-refractivity contribution in [3.63, 3.8) is 0 Å². The van der Waals surface area contributed by atoms with Gasteiger partial charge in [-0.05, 0) is 80.8 Å². The van der Waals surface area contributed by atoms with E-state index in [1.165, 1.54) is 18.2 Å². The Labute approximate surface area is 194 Å². The number of amides is 1. The van der Waals surface area contributed by atoms with Crippen LogP contribution >= 0.6 is 11.6 Å². The van der Waals surface area contributed by atoms with Crippen molar-refractivity contribution in [3.8, 4) is 0 Å². The zero-order chi connectivity index (χ0) is 24.1. The Balaban J connectivity index is 1.59. The number of carbonyl (C=O) groups excluding carboxylic acids is 1. The Hall–Kier alpha value is -2.10. The summed E-state index contributed by atoms with van der Waals surface area (Å²) < 4.78 is 66.2. The fourth-order valence-corrected chi connectivity index (χ4v) is 7.45. The minimum absolute atomic E-state index is 0.0296. The van der Waals surface area contributed by atoms with Crippen LogP contribution in [0.2, 0.25) is 5.02 Å². The molecule has 2 atom stereocenters. The molecule has 0 saturated heterocycles. The number of benzene rings is 2. The van der Waals surface area contributed by atoms with E-state index in [4.69, 9.17) is 11.6 Å². The van der Waals surface area contributed by atoms with Crippen LogP contribution in [-0.4, -0.2) is 30.3 Å². The second-order valence-electron chi connectivity index (χ2n) is 8.97. The van der Waals surface area contributed by atoms with Crippen LogP contribution in [0.3, 0.4) is 0 Å². The van der Waals surface area contributed by atoms with Gasteiger partial charge in [-0.25, -0.2) is 21.6 Å². The van der Waals surface area contributed by atoms with Crippen LogP contribution in [-0.2, 0) is 9.84 Å². The molecule has 0 heterocycles. The van der Waals surface area contributed by atoms with E-state index in [9.17, 15) is 31.5 Å². The van der Waals surface area contributed by atoms with Gasteiger partial charge in [-0.3, -0.25) is 4.79 Å². The number of nitrogens with one attached hydrogen (secondary N) is 1. The highest BCUT2D eigenvalue weighted by atomic mass is 35.5. The van der Waals surface area contributed by atoms with Crippen molar-refractivity contribution in [1.29, 1.82) is 0 Å². The van der Waals surface area contributed by atoms with Crippen molar-refractivity contribution in [2.24, 2.45) is 11.8 Å². The van der Waals surface area contributed by atoms with Crippen LogP contribution in [0.25, 0.3) is 0 Å². The molecule has 0 radical (unpaired) electrons. The zero-order valence-electron chi connectivity index (χ0n) is 17.7. The van der Waals surface area contributed by atoms with Crippen molar-refractivity contribution >= 4 is 33.0 Å². The molecule has 2 N–H and O–H groups in total. The van der Waals surface area contributed by atoms with Crippen LogP contribution in [0, 0.1) is 17.7 Å². The van der Waals surface area contributed by atoms with Gasteiger partial charge in [-0.15, -0.1) is 0 Å². The maximum Gasteiger partial charge on any atom is 0.266 e. The number of alkyl halides is 2. The minimum Gasteiger partial charge on any atom is -0.390 e. The monoisotopic (exact) mass is 501 g/mol. The smallest absolute Gasteiger partial charge is 0.266 e. The van der Waals surface area contributed by atoms with Gasteiger partial charge >= 0.3 is 0 Å². The van der Waals surface area contributed by atoms with E-state index in [0.717, 1.165) is 31.0 Å². The van der Waals surface area contributed by atoms with E-state index in [-0.39, 0.29) is 33.0 Å². The summed E-state index contributed by atoms with van der Waals surface area (Å²) in [7, 11) is -3.89. The first-order valence-electron chi connectivity index (χ1n) is 10.6. The number of hydrogen-bond acceptors (Lipinski definition) is 4. The number of halogens is 4. The molecule has 5 nitrogen and oxygen atoms in total. The molecule has 2 fully saturated rings. The number of rotatable bonds is 5. The van der Waals surface area contributed by atoms with Crippen LogP contribution in [0.15, 0.2) is 41.3 Å². The quantitative estimate of drug-likeness (QED) is 0.576. The van der Waals surface area contributed by atoms with Gasteiger partial charge in [-0.2, -0.15) is 0 Å². The van der Waals surface area contributed by atoms with Crippen LogP contribution in [0.1, 0.15) is 55.0 Å². The number of anilines is 1. The molecular weight excluding hydrogens is 479 g/mol. The van der Waals surface area contributed by atoms with Crippen molar-refractivity contribution < 1.29 is 31.5 Å². The van der Waals surface area contributed by atoms with Gasteiger partial charge < -0.3 is 10.4 Å². The van der Waals surface area contributed by atoms with Crippen molar-refractivity contribution in [2.75, 3.05) is 5.32 Å². The van der Waals surface area contributed by atoms with Gasteiger partial charge in [0.05, 0.1) is 26.3 Å². The van der Waals surface area contributed by atoms with Crippen molar-refractivity contribution in [2.45, 2.75) is 54.8 Å². The van der Waals surface area contributed by atoms with Gasteiger partial charge in [0, 0.05) is 11.3 Å². The second-order valence-corrected chi connectivity index (χ2v) is 11.6. The molecule has 2 unspecified atom stereocenters. The third-order valence-corrected chi connectivity index (χ3v) is 9.69. The summed E-state index contributed by atoms with van der Waals surface area (Å²) in [6.07, 6.45) is -0.911. The van der Waals surface area contributed by atoms with Crippen LogP contribution < -0.4 is 5.32 Å². The normalized spacial score (nSPS) is 27.1. The van der Waals surface area contributed by atoms with E-state index in [0.29, 0.717) is 12.8 Å². The molecule has 2 bridgehead atoms. The summed E-state index contributed by atoms with van der Waals surface area (Å²) in [4.78, 5) is 12.5. The SMILES string of the molecule is C[C@]1(O)C2CCC1C[C@@H](S(=O)(=O)c1cc(C(=O)Nc3ccc(F)c(C(F)F)c3)ccc1Cl)C2. The maximum atomic E-state index is 13.5. The van der Waals surface area contributed by atoms with Gasteiger partial charge in [0.2, 0.25) is 0 Å². The summed E-state index contributed by atoms with van der Waals surface area (Å²) in [6.45, 7) is 1.75. The highest BCUT2D eigenvalue weighted by Gasteiger charge is 2.53. The molecule has 2 saturated carbocycles. The first-order chi connectivity index (χ1) is 15.4. The topological polar surface area (TPSA) is 83.5 Å². The van der Waals surface area contributed by atoms with Crippen molar-refractivity contribution in [3.05, 3.63) is 58.4 Å². The Morgan fingerprint density at radius 1 is 1.15 bits per heavy atom. The molecule has 0 spiro atoms. The number of sulfone groups is 1. The number of carbonyl (C=O) groups is 1. The van der Waals surface area contributed by atoms with Gasteiger partial charge in [0.15, 0.2) is 9.84 Å². The number of fused-ring (bicyclic) bond motifs is 2. The van der Waals surface area contributed by atoms with Crippen molar-refractivity contribution in [1.82, 2.24) is 0 Å². The molecule has 178 valence electrons. The third kappa shape index (κ3) is 4.38.